The molecule has 6 nitrogen and oxygen atoms in total. The first-order valence-electron chi connectivity index (χ1n) is 9.47. The number of carbonyl (C=O) groups is 2. The minimum atomic E-state index is 0.0466. The molecule has 0 aromatic carbocycles. The number of nitrogens with zero attached hydrogens (tertiary/aromatic N) is 2. The highest BCUT2D eigenvalue weighted by Gasteiger charge is 2.25. The van der Waals surface area contributed by atoms with Gasteiger partial charge in [-0.3, -0.25) is 9.69 Å². The van der Waals surface area contributed by atoms with Crippen LogP contribution in [0.4, 0.5) is 4.79 Å². The number of likely N-dealkylation sites (tertiary alicyclic amines) is 2. The molecule has 0 aromatic heterocycles. The molecule has 0 aliphatic carbocycles. The van der Waals surface area contributed by atoms with Gasteiger partial charge in [-0.15, -0.1) is 0 Å². The summed E-state index contributed by atoms with van der Waals surface area (Å²) in [5.41, 5.74) is 0. The molecule has 0 bridgehead atoms. The zero-order chi connectivity index (χ0) is 17.5. The van der Waals surface area contributed by atoms with Crippen LogP contribution in [0.3, 0.4) is 0 Å². The van der Waals surface area contributed by atoms with Crippen molar-refractivity contribution in [2.24, 2.45) is 11.8 Å². The van der Waals surface area contributed by atoms with Crippen molar-refractivity contribution in [2.75, 3.05) is 39.8 Å². The highest BCUT2D eigenvalue weighted by atomic mass is 16.2. The van der Waals surface area contributed by atoms with Crippen LogP contribution in [0, 0.1) is 11.8 Å². The highest BCUT2D eigenvalue weighted by Crippen LogP contribution is 2.20. The first kappa shape index (κ1) is 19.0. The van der Waals surface area contributed by atoms with Gasteiger partial charge >= 0.3 is 6.03 Å². The fourth-order valence-corrected chi connectivity index (χ4v) is 3.81. The molecule has 0 unspecified atom stereocenters. The monoisotopic (exact) mass is 338 g/mol. The molecule has 0 saturated carbocycles. The van der Waals surface area contributed by atoms with Crippen LogP contribution in [0.1, 0.15) is 46.0 Å². The van der Waals surface area contributed by atoms with Crippen LogP contribution in [-0.2, 0) is 4.79 Å². The van der Waals surface area contributed by atoms with Gasteiger partial charge in [0, 0.05) is 45.7 Å². The third-order valence-electron chi connectivity index (χ3n) is 5.52. The summed E-state index contributed by atoms with van der Waals surface area (Å²) >= 11 is 0. The summed E-state index contributed by atoms with van der Waals surface area (Å²) in [5, 5.41) is 5.77. The van der Waals surface area contributed by atoms with Crippen molar-refractivity contribution in [1.29, 1.82) is 0 Å². The third-order valence-corrected chi connectivity index (χ3v) is 5.52. The quantitative estimate of drug-likeness (QED) is 0.801. The molecule has 138 valence electrons. The first-order chi connectivity index (χ1) is 11.5. The molecule has 2 heterocycles. The smallest absolute Gasteiger partial charge is 0.317 e. The predicted octanol–water partition coefficient (Wildman–Crippen LogP) is 1.66. The van der Waals surface area contributed by atoms with E-state index in [9.17, 15) is 9.59 Å². The van der Waals surface area contributed by atoms with E-state index in [1.807, 2.05) is 4.90 Å². The molecule has 0 aromatic rings. The van der Waals surface area contributed by atoms with Crippen LogP contribution in [0.25, 0.3) is 0 Å². The summed E-state index contributed by atoms with van der Waals surface area (Å²) in [5.74, 6) is 1.27. The number of amides is 3. The van der Waals surface area contributed by atoms with Gasteiger partial charge in [-0.05, 0) is 51.0 Å². The van der Waals surface area contributed by atoms with E-state index >= 15 is 0 Å². The van der Waals surface area contributed by atoms with Gasteiger partial charge in [0.2, 0.25) is 5.91 Å². The van der Waals surface area contributed by atoms with Crippen molar-refractivity contribution in [1.82, 2.24) is 20.4 Å². The summed E-state index contributed by atoms with van der Waals surface area (Å²) in [6, 6.07) is 0.438. The average molecular weight is 338 g/mol. The largest absolute Gasteiger partial charge is 0.359 e. The molecule has 2 saturated heterocycles. The summed E-state index contributed by atoms with van der Waals surface area (Å²) in [7, 11) is 1.68. The van der Waals surface area contributed by atoms with Gasteiger partial charge in [-0.1, -0.05) is 6.92 Å². The molecule has 6 heteroatoms. The third kappa shape index (κ3) is 5.65. The van der Waals surface area contributed by atoms with Crippen LogP contribution in [0.2, 0.25) is 0 Å². The highest BCUT2D eigenvalue weighted by molar-refractivity contribution is 5.76. The molecular weight excluding hydrogens is 304 g/mol. The lowest BCUT2D eigenvalue weighted by molar-refractivity contribution is -0.121. The summed E-state index contributed by atoms with van der Waals surface area (Å²) in [6.45, 7) is 9.01. The van der Waals surface area contributed by atoms with Gasteiger partial charge in [0.05, 0.1) is 0 Å². The van der Waals surface area contributed by atoms with Gasteiger partial charge in [0.25, 0.3) is 0 Å². The maximum absolute atomic E-state index is 12.4. The van der Waals surface area contributed by atoms with Crippen molar-refractivity contribution in [3.05, 3.63) is 0 Å². The van der Waals surface area contributed by atoms with Crippen LogP contribution in [0.5, 0.6) is 0 Å². The number of rotatable bonds is 5. The molecule has 2 N–H and O–H groups in total. The summed E-state index contributed by atoms with van der Waals surface area (Å²) in [4.78, 5) is 28.2. The number of hydrogen-bond acceptors (Lipinski definition) is 3. The Hall–Kier alpha value is -1.30. The van der Waals surface area contributed by atoms with Gasteiger partial charge in [0.1, 0.15) is 0 Å². The van der Waals surface area contributed by atoms with Crippen molar-refractivity contribution < 1.29 is 9.59 Å². The normalized spacial score (nSPS) is 24.5. The Labute approximate surface area is 146 Å². The number of urea groups is 1. The number of piperidine rings is 2. The van der Waals surface area contributed by atoms with Crippen LogP contribution in [-0.4, -0.2) is 67.6 Å². The molecule has 2 aliphatic heterocycles. The van der Waals surface area contributed by atoms with Crippen molar-refractivity contribution in [2.45, 2.75) is 52.0 Å². The molecule has 2 aliphatic rings. The standard InChI is InChI=1S/C18H34N4O2/c1-14-5-4-8-22(13-14)15(2)12-20-18(24)21-9-6-16(7-10-21)11-17(23)19-3/h14-16H,4-13H2,1-3H3,(H,19,23)(H,20,24)/t14-,15+/m0/s1. The lowest BCUT2D eigenvalue weighted by Crippen LogP contribution is -2.50. The fraction of sp³-hybridized carbons (Fsp3) is 0.889. The van der Waals surface area contributed by atoms with Crippen molar-refractivity contribution in [3.8, 4) is 0 Å². The Morgan fingerprint density at radius 1 is 1.17 bits per heavy atom. The lowest BCUT2D eigenvalue weighted by Gasteiger charge is -2.36. The molecule has 2 rings (SSSR count). The average Bonchev–Trinajstić information content (AvgIpc) is 2.59. The van der Waals surface area contributed by atoms with E-state index in [0.29, 0.717) is 24.9 Å². The first-order valence-corrected chi connectivity index (χ1v) is 9.47. The lowest BCUT2D eigenvalue weighted by atomic mass is 9.93. The molecule has 2 fully saturated rings. The number of nitrogens with one attached hydrogen (secondary N) is 2. The molecule has 0 spiro atoms. The summed E-state index contributed by atoms with van der Waals surface area (Å²) < 4.78 is 0. The Morgan fingerprint density at radius 3 is 2.50 bits per heavy atom. The second-order valence-corrected chi connectivity index (χ2v) is 7.59. The number of carbonyl (C=O) groups excluding carboxylic acids is 2. The molecule has 3 amide bonds. The number of hydrogen-bond donors (Lipinski definition) is 2. The van der Waals surface area contributed by atoms with Crippen LogP contribution in [0.15, 0.2) is 0 Å². The molecule has 2 atom stereocenters. The van der Waals surface area contributed by atoms with Gasteiger partial charge < -0.3 is 15.5 Å². The Morgan fingerprint density at radius 2 is 1.88 bits per heavy atom. The fourth-order valence-electron chi connectivity index (χ4n) is 3.81. The van der Waals surface area contributed by atoms with Crippen LogP contribution >= 0.6 is 0 Å². The van der Waals surface area contributed by atoms with E-state index in [1.54, 1.807) is 7.05 Å². The predicted molar refractivity (Wildman–Crippen MR) is 95.8 cm³/mol. The minimum Gasteiger partial charge on any atom is -0.359 e. The Bertz CT molecular complexity index is 421. The SMILES string of the molecule is CNC(=O)CC1CCN(C(=O)NC[C@@H](C)N2CCC[C@H](C)C2)CC1. The second kappa shape index (κ2) is 9.25. The van der Waals surface area contributed by atoms with E-state index in [2.05, 4.69) is 29.4 Å². The van der Waals surface area contributed by atoms with Crippen molar-refractivity contribution >= 4 is 11.9 Å². The van der Waals surface area contributed by atoms with Gasteiger partial charge in [-0.2, -0.15) is 0 Å². The maximum Gasteiger partial charge on any atom is 0.317 e. The van der Waals surface area contributed by atoms with Crippen molar-refractivity contribution in [3.63, 3.8) is 0 Å². The Balaban J connectivity index is 1.67. The van der Waals surface area contributed by atoms with E-state index in [0.717, 1.165) is 44.9 Å². The zero-order valence-corrected chi connectivity index (χ0v) is 15.5. The summed E-state index contributed by atoms with van der Waals surface area (Å²) in [6.07, 6.45) is 5.00. The minimum absolute atomic E-state index is 0.0466. The van der Waals surface area contributed by atoms with Gasteiger partial charge in [-0.25, -0.2) is 4.79 Å². The molecule has 24 heavy (non-hydrogen) atoms. The zero-order valence-electron chi connectivity index (χ0n) is 15.5. The molecule has 0 radical (unpaired) electrons. The van der Waals surface area contributed by atoms with E-state index in [4.69, 9.17) is 0 Å². The second-order valence-electron chi connectivity index (χ2n) is 7.59. The topological polar surface area (TPSA) is 64.7 Å². The van der Waals surface area contributed by atoms with Crippen LogP contribution < -0.4 is 10.6 Å². The Kier molecular flexibility index (Phi) is 7.34. The van der Waals surface area contributed by atoms with E-state index in [-0.39, 0.29) is 11.9 Å². The van der Waals surface area contributed by atoms with E-state index < -0.39 is 0 Å². The molecular formula is C18H34N4O2. The van der Waals surface area contributed by atoms with Gasteiger partial charge in [0.15, 0.2) is 0 Å². The maximum atomic E-state index is 12.4. The van der Waals surface area contributed by atoms with E-state index in [1.165, 1.54) is 12.8 Å².